The van der Waals surface area contributed by atoms with E-state index >= 15 is 0 Å². The highest BCUT2D eigenvalue weighted by Gasteiger charge is 2.10. The van der Waals surface area contributed by atoms with Crippen LogP contribution in [0, 0.1) is 25.2 Å². The van der Waals surface area contributed by atoms with Crippen LogP contribution in [0.15, 0.2) is 46.3 Å². The number of nitriles is 1. The minimum absolute atomic E-state index is 0.146. The quantitative estimate of drug-likeness (QED) is 0.811. The lowest BCUT2D eigenvalue weighted by Gasteiger charge is -2.09. The van der Waals surface area contributed by atoms with E-state index in [4.69, 9.17) is 5.26 Å². The second-order valence-corrected chi connectivity index (χ2v) is 4.84. The van der Waals surface area contributed by atoms with Gasteiger partial charge >= 0.3 is 0 Å². The molecule has 1 heterocycles. The Bertz CT molecular complexity index is 780. The van der Waals surface area contributed by atoms with Gasteiger partial charge in [0.25, 0.3) is 5.56 Å². The molecule has 0 fully saturated rings. The third-order valence-electron chi connectivity index (χ3n) is 3.33. The van der Waals surface area contributed by atoms with Gasteiger partial charge in [-0.1, -0.05) is 37.3 Å². The van der Waals surface area contributed by atoms with Crippen LogP contribution in [0.25, 0.3) is 0 Å². The van der Waals surface area contributed by atoms with Crippen molar-refractivity contribution in [2.45, 2.75) is 27.2 Å². The van der Waals surface area contributed by atoms with Crippen molar-refractivity contribution in [3.63, 3.8) is 0 Å². The van der Waals surface area contributed by atoms with E-state index in [1.165, 1.54) is 4.68 Å². The van der Waals surface area contributed by atoms with E-state index in [1.807, 2.05) is 56.3 Å². The molecule has 0 unspecified atom stereocenters. The fourth-order valence-electron chi connectivity index (χ4n) is 2.23. The van der Waals surface area contributed by atoms with Gasteiger partial charge < -0.3 is 0 Å². The highest BCUT2D eigenvalue weighted by Crippen LogP contribution is 2.08. The maximum Gasteiger partial charge on any atom is 0.289 e. The minimum atomic E-state index is -0.364. The van der Waals surface area contributed by atoms with Gasteiger partial charge in [0.1, 0.15) is 11.6 Å². The molecule has 2 rings (SSSR count). The first-order chi connectivity index (χ1) is 10.1. The van der Waals surface area contributed by atoms with Crippen LogP contribution in [0.5, 0.6) is 0 Å². The molecular weight excluding hydrogens is 262 g/mol. The summed E-state index contributed by atoms with van der Waals surface area (Å²) in [5.41, 5.74) is 2.98. The third-order valence-corrected chi connectivity index (χ3v) is 3.33. The molecule has 0 amide bonds. The first-order valence-electron chi connectivity index (χ1n) is 6.85. The molecule has 0 spiro atoms. The molecule has 4 heteroatoms. The van der Waals surface area contributed by atoms with Gasteiger partial charge in [-0.05, 0) is 37.5 Å². The molecule has 0 aliphatic carbocycles. The number of rotatable bonds is 3. The Kier molecular flexibility index (Phi) is 4.34. The lowest BCUT2D eigenvalue weighted by atomic mass is 10.1. The van der Waals surface area contributed by atoms with Crippen molar-refractivity contribution in [2.75, 3.05) is 0 Å². The number of aromatic nitrogens is 1. The fraction of sp³-hybridized carbons (Fsp3) is 0.235. The Labute approximate surface area is 124 Å². The van der Waals surface area contributed by atoms with Crippen molar-refractivity contribution in [3.8, 4) is 6.07 Å². The molecule has 1 aromatic heterocycles. The van der Waals surface area contributed by atoms with Crippen LogP contribution in [0.2, 0.25) is 0 Å². The SMILES string of the molecule is CC/C(=N\n1c(C)cc(C)c(C#N)c1=O)c1ccccc1. The molecule has 4 nitrogen and oxygen atoms in total. The number of nitrogens with zero attached hydrogens (tertiary/aromatic N) is 3. The van der Waals surface area contributed by atoms with Crippen LogP contribution < -0.4 is 5.56 Å². The summed E-state index contributed by atoms with van der Waals surface area (Å²) in [4.78, 5) is 12.4. The summed E-state index contributed by atoms with van der Waals surface area (Å²) < 4.78 is 1.32. The minimum Gasteiger partial charge on any atom is -0.266 e. The first-order valence-corrected chi connectivity index (χ1v) is 6.85. The predicted octanol–water partition coefficient (Wildman–Crippen LogP) is 3.00. The summed E-state index contributed by atoms with van der Waals surface area (Å²) in [6, 6.07) is 13.5. The van der Waals surface area contributed by atoms with Crippen molar-refractivity contribution in [1.29, 1.82) is 5.26 Å². The number of aryl methyl sites for hydroxylation is 2. The molecule has 0 atom stereocenters. The van der Waals surface area contributed by atoms with E-state index in [9.17, 15) is 4.79 Å². The molecule has 0 N–H and O–H groups in total. The maximum absolute atomic E-state index is 12.4. The average molecular weight is 279 g/mol. The van der Waals surface area contributed by atoms with E-state index in [1.54, 1.807) is 6.92 Å². The van der Waals surface area contributed by atoms with E-state index in [0.29, 0.717) is 12.0 Å². The molecule has 21 heavy (non-hydrogen) atoms. The molecule has 106 valence electrons. The Morgan fingerprint density at radius 1 is 1.29 bits per heavy atom. The standard InChI is InChI=1S/C17H17N3O/c1-4-16(14-8-6-5-7-9-14)19-20-13(3)10-12(2)15(11-18)17(20)21/h5-10H,4H2,1-3H3/b19-16+. The second kappa shape index (κ2) is 6.19. The van der Waals surface area contributed by atoms with Crippen molar-refractivity contribution in [1.82, 2.24) is 4.68 Å². The molecule has 0 saturated carbocycles. The third kappa shape index (κ3) is 2.92. The Morgan fingerprint density at radius 2 is 1.95 bits per heavy atom. The number of hydrogen-bond acceptors (Lipinski definition) is 3. The van der Waals surface area contributed by atoms with Crippen molar-refractivity contribution < 1.29 is 0 Å². The van der Waals surface area contributed by atoms with Gasteiger partial charge in [0.15, 0.2) is 0 Å². The van der Waals surface area contributed by atoms with Crippen LogP contribution in [-0.4, -0.2) is 10.4 Å². The number of benzene rings is 1. The van der Waals surface area contributed by atoms with Gasteiger partial charge in [-0.2, -0.15) is 10.4 Å². The van der Waals surface area contributed by atoms with Crippen molar-refractivity contribution in [3.05, 3.63) is 69.1 Å². The summed E-state index contributed by atoms with van der Waals surface area (Å²) in [5.74, 6) is 0. The fourth-order valence-corrected chi connectivity index (χ4v) is 2.23. The average Bonchev–Trinajstić information content (AvgIpc) is 2.48. The zero-order chi connectivity index (χ0) is 15.4. The van der Waals surface area contributed by atoms with Gasteiger partial charge in [-0.25, -0.2) is 4.68 Å². The van der Waals surface area contributed by atoms with Crippen LogP contribution in [0.4, 0.5) is 0 Å². The van der Waals surface area contributed by atoms with E-state index in [-0.39, 0.29) is 11.1 Å². The number of pyridine rings is 1. The Morgan fingerprint density at radius 3 is 2.52 bits per heavy atom. The number of hydrogen-bond donors (Lipinski definition) is 0. The van der Waals surface area contributed by atoms with Crippen LogP contribution >= 0.6 is 0 Å². The smallest absolute Gasteiger partial charge is 0.266 e. The highest BCUT2D eigenvalue weighted by molar-refractivity contribution is 6.00. The Hall–Kier alpha value is -2.67. The second-order valence-electron chi connectivity index (χ2n) is 4.84. The zero-order valence-corrected chi connectivity index (χ0v) is 12.4. The lowest BCUT2D eigenvalue weighted by molar-refractivity contribution is 0.778. The van der Waals surface area contributed by atoms with Crippen molar-refractivity contribution in [2.24, 2.45) is 5.10 Å². The van der Waals surface area contributed by atoms with Crippen LogP contribution in [-0.2, 0) is 0 Å². The van der Waals surface area contributed by atoms with Gasteiger partial charge in [0.2, 0.25) is 0 Å². The molecule has 0 saturated heterocycles. The Balaban J connectivity index is 2.65. The van der Waals surface area contributed by atoms with Gasteiger partial charge in [0, 0.05) is 5.69 Å². The summed E-state index contributed by atoms with van der Waals surface area (Å²) >= 11 is 0. The predicted molar refractivity (Wildman–Crippen MR) is 83.6 cm³/mol. The van der Waals surface area contributed by atoms with Crippen LogP contribution in [0.1, 0.15) is 35.7 Å². The van der Waals surface area contributed by atoms with Gasteiger partial charge in [0.05, 0.1) is 5.71 Å². The van der Waals surface area contributed by atoms with E-state index in [2.05, 4.69) is 5.10 Å². The summed E-state index contributed by atoms with van der Waals surface area (Å²) in [6.45, 7) is 5.57. The molecular formula is C17H17N3O. The van der Waals surface area contributed by atoms with Gasteiger partial charge in [-0.15, -0.1) is 0 Å². The summed E-state index contributed by atoms with van der Waals surface area (Å²) in [7, 11) is 0. The van der Waals surface area contributed by atoms with Crippen molar-refractivity contribution >= 4 is 5.71 Å². The lowest BCUT2D eigenvalue weighted by Crippen LogP contribution is -2.24. The summed E-state index contributed by atoms with van der Waals surface area (Å²) in [6.07, 6.45) is 0.700. The molecule has 0 bridgehead atoms. The highest BCUT2D eigenvalue weighted by atomic mass is 16.1. The monoisotopic (exact) mass is 279 g/mol. The topological polar surface area (TPSA) is 58.1 Å². The van der Waals surface area contributed by atoms with E-state index in [0.717, 1.165) is 17.0 Å². The first kappa shape index (κ1) is 14.7. The molecule has 0 radical (unpaired) electrons. The zero-order valence-electron chi connectivity index (χ0n) is 12.4. The molecule has 2 aromatic rings. The molecule has 1 aromatic carbocycles. The molecule has 0 aliphatic rings. The summed E-state index contributed by atoms with van der Waals surface area (Å²) in [5, 5.41) is 13.6. The molecule has 0 aliphatic heterocycles. The van der Waals surface area contributed by atoms with Gasteiger partial charge in [-0.3, -0.25) is 4.79 Å². The normalized spacial score (nSPS) is 11.2. The maximum atomic E-state index is 12.4. The largest absolute Gasteiger partial charge is 0.289 e. The van der Waals surface area contributed by atoms with E-state index < -0.39 is 0 Å². The van der Waals surface area contributed by atoms with Crippen LogP contribution in [0.3, 0.4) is 0 Å².